The quantitative estimate of drug-likeness (QED) is 0.576. The molecule has 0 heterocycles. The summed E-state index contributed by atoms with van der Waals surface area (Å²) in [5, 5.41) is 13.6. The van der Waals surface area contributed by atoms with E-state index in [4.69, 9.17) is 0 Å². The van der Waals surface area contributed by atoms with Crippen molar-refractivity contribution in [3.05, 3.63) is 64.2 Å². The second-order valence-electron chi connectivity index (χ2n) is 6.25. The first-order valence-electron chi connectivity index (χ1n) is 8.23. The van der Waals surface area contributed by atoms with E-state index in [1.165, 1.54) is 53.8 Å². The number of hydrogen-bond acceptors (Lipinski definition) is 5. The summed E-state index contributed by atoms with van der Waals surface area (Å²) in [6, 6.07) is 11.6. The van der Waals surface area contributed by atoms with Crippen molar-refractivity contribution in [3.63, 3.8) is 0 Å². The van der Waals surface area contributed by atoms with Crippen molar-refractivity contribution in [1.82, 2.24) is 4.31 Å². The van der Waals surface area contributed by atoms with Gasteiger partial charge in [-0.3, -0.25) is 14.9 Å². The smallest absolute Gasteiger partial charge is 0.273 e. The molecule has 9 heteroatoms. The Morgan fingerprint density at radius 1 is 1.15 bits per heavy atom. The monoisotopic (exact) mass is 391 g/mol. The predicted molar refractivity (Wildman–Crippen MR) is 102 cm³/mol. The van der Waals surface area contributed by atoms with E-state index in [1.54, 1.807) is 19.9 Å². The van der Waals surface area contributed by atoms with E-state index in [2.05, 4.69) is 5.32 Å². The highest BCUT2D eigenvalue weighted by Gasteiger charge is 2.23. The van der Waals surface area contributed by atoms with Crippen LogP contribution in [0, 0.1) is 10.1 Å². The first kappa shape index (κ1) is 20.5. The molecule has 1 N–H and O–H groups in total. The SMILES string of the molecule is CC(C)N(C)S(=O)(=O)c1ccc(NC(=O)Cc2ccccc2[N+](=O)[O-])cc1. The number of para-hydroxylation sites is 1. The van der Waals surface area contributed by atoms with Crippen LogP contribution in [0.5, 0.6) is 0 Å². The van der Waals surface area contributed by atoms with Crippen LogP contribution in [0.1, 0.15) is 19.4 Å². The van der Waals surface area contributed by atoms with Gasteiger partial charge in [0.1, 0.15) is 0 Å². The molecule has 0 saturated heterocycles. The van der Waals surface area contributed by atoms with Crippen molar-refractivity contribution in [1.29, 1.82) is 0 Å². The molecule has 0 saturated carbocycles. The van der Waals surface area contributed by atoms with Gasteiger partial charge >= 0.3 is 0 Å². The molecule has 0 spiro atoms. The van der Waals surface area contributed by atoms with Crippen LogP contribution in [0.15, 0.2) is 53.4 Å². The zero-order chi connectivity index (χ0) is 20.2. The summed E-state index contributed by atoms with van der Waals surface area (Å²) in [5.74, 6) is -0.431. The molecular weight excluding hydrogens is 370 g/mol. The molecule has 0 radical (unpaired) electrons. The number of nitro groups is 1. The summed E-state index contributed by atoms with van der Waals surface area (Å²) >= 11 is 0. The van der Waals surface area contributed by atoms with Crippen LogP contribution in [-0.2, 0) is 21.2 Å². The lowest BCUT2D eigenvalue weighted by Gasteiger charge is -2.21. The van der Waals surface area contributed by atoms with Crippen LogP contribution in [0.4, 0.5) is 11.4 Å². The summed E-state index contributed by atoms with van der Waals surface area (Å²) < 4.78 is 26.1. The Kier molecular flexibility index (Phi) is 6.29. The summed E-state index contributed by atoms with van der Waals surface area (Å²) in [4.78, 5) is 22.8. The van der Waals surface area contributed by atoms with Gasteiger partial charge in [0.25, 0.3) is 5.69 Å². The first-order valence-corrected chi connectivity index (χ1v) is 9.67. The third-order valence-corrected chi connectivity index (χ3v) is 6.13. The molecule has 0 bridgehead atoms. The lowest BCUT2D eigenvalue weighted by molar-refractivity contribution is -0.385. The molecule has 0 unspecified atom stereocenters. The number of benzene rings is 2. The molecule has 2 aromatic carbocycles. The highest BCUT2D eigenvalue weighted by molar-refractivity contribution is 7.89. The topological polar surface area (TPSA) is 110 Å². The minimum Gasteiger partial charge on any atom is -0.326 e. The number of carbonyl (C=O) groups excluding carboxylic acids is 1. The van der Waals surface area contributed by atoms with Gasteiger partial charge in [-0.2, -0.15) is 4.31 Å². The van der Waals surface area contributed by atoms with E-state index in [-0.39, 0.29) is 23.0 Å². The Hall–Kier alpha value is -2.78. The Labute approximate surface area is 158 Å². The summed E-state index contributed by atoms with van der Waals surface area (Å²) in [6.45, 7) is 3.55. The van der Waals surface area contributed by atoms with Gasteiger partial charge in [0.2, 0.25) is 15.9 Å². The van der Waals surface area contributed by atoms with E-state index in [0.717, 1.165) is 0 Å². The number of carbonyl (C=O) groups is 1. The summed E-state index contributed by atoms with van der Waals surface area (Å²) in [6.07, 6.45) is -0.159. The zero-order valence-corrected chi connectivity index (χ0v) is 16.1. The van der Waals surface area contributed by atoms with Gasteiger partial charge in [0.05, 0.1) is 16.2 Å². The normalized spacial score (nSPS) is 11.6. The number of rotatable bonds is 7. The van der Waals surface area contributed by atoms with E-state index in [9.17, 15) is 23.3 Å². The van der Waals surface area contributed by atoms with Crippen molar-refractivity contribution in [2.75, 3.05) is 12.4 Å². The van der Waals surface area contributed by atoms with Gasteiger partial charge in [-0.25, -0.2) is 8.42 Å². The Bertz CT molecular complexity index is 940. The van der Waals surface area contributed by atoms with Gasteiger partial charge in [-0.1, -0.05) is 18.2 Å². The maximum atomic E-state index is 12.4. The lowest BCUT2D eigenvalue weighted by atomic mass is 10.1. The van der Waals surface area contributed by atoms with E-state index >= 15 is 0 Å². The molecule has 0 aliphatic carbocycles. The molecule has 1 amide bonds. The predicted octanol–water partition coefficient (Wildman–Crippen LogP) is 2.80. The fraction of sp³-hybridized carbons (Fsp3) is 0.278. The lowest BCUT2D eigenvalue weighted by Crippen LogP contribution is -2.33. The van der Waals surface area contributed by atoms with Crippen LogP contribution >= 0.6 is 0 Å². The Morgan fingerprint density at radius 3 is 2.30 bits per heavy atom. The number of amides is 1. The van der Waals surface area contributed by atoms with Crippen molar-refractivity contribution >= 4 is 27.3 Å². The number of nitro benzene ring substituents is 1. The molecule has 0 aliphatic heterocycles. The fourth-order valence-electron chi connectivity index (χ4n) is 2.37. The summed E-state index contributed by atoms with van der Waals surface area (Å²) in [5.41, 5.74) is 0.591. The Balaban J connectivity index is 2.11. The van der Waals surface area contributed by atoms with Crippen LogP contribution in [-0.4, -0.2) is 36.6 Å². The molecule has 0 atom stereocenters. The van der Waals surface area contributed by atoms with E-state index < -0.39 is 20.9 Å². The van der Waals surface area contributed by atoms with Crippen molar-refractivity contribution in [2.24, 2.45) is 0 Å². The van der Waals surface area contributed by atoms with Gasteiger partial charge in [-0.15, -0.1) is 0 Å². The second-order valence-corrected chi connectivity index (χ2v) is 8.25. The average molecular weight is 391 g/mol. The molecule has 0 aliphatic rings. The summed E-state index contributed by atoms with van der Waals surface area (Å²) in [7, 11) is -2.10. The number of hydrogen-bond donors (Lipinski definition) is 1. The number of nitrogens with one attached hydrogen (secondary N) is 1. The van der Waals surface area contributed by atoms with Gasteiger partial charge < -0.3 is 5.32 Å². The minimum atomic E-state index is -3.60. The molecule has 144 valence electrons. The van der Waals surface area contributed by atoms with E-state index in [0.29, 0.717) is 11.3 Å². The maximum Gasteiger partial charge on any atom is 0.273 e. The number of anilines is 1. The third kappa shape index (κ3) is 4.89. The van der Waals surface area contributed by atoms with Crippen LogP contribution < -0.4 is 5.32 Å². The standard InChI is InChI=1S/C18H21N3O5S/c1-13(2)20(3)27(25,26)16-10-8-15(9-11-16)19-18(22)12-14-6-4-5-7-17(14)21(23)24/h4-11,13H,12H2,1-3H3,(H,19,22). The van der Waals surface area contributed by atoms with Crippen molar-refractivity contribution < 1.29 is 18.1 Å². The van der Waals surface area contributed by atoms with Gasteiger partial charge in [0, 0.05) is 30.4 Å². The molecule has 8 nitrogen and oxygen atoms in total. The molecule has 0 aromatic heterocycles. The highest BCUT2D eigenvalue weighted by atomic mass is 32.2. The molecule has 27 heavy (non-hydrogen) atoms. The van der Waals surface area contributed by atoms with Crippen LogP contribution in [0.2, 0.25) is 0 Å². The third-order valence-electron chi connectivity index (χ3n) is 4.08. The fourth-order valence-corrected chi connectivity index (χ4v) is 3.74. The second kappa shape index (κ2) is 8.28. The van der Waals surface area contributed by atoms with Crippen molar-refractivity contribution in [3.8, 4) is 0 Å². The first-order chi connectivity index (χ1) is 12.6. The zero-order valence-electron chi connectivity index (χ0n) is 15.2. The largest absolute Gasteiger partial charge is 0.326 e. The molecule has 2 rings (SSSR count). The number of sulfonamides is 1. The van der Waals surface area contributed by atoms with Crippen molar-refractivity contribution in [2.45, 2.75) is 31.2 Å². The van der Waals surface area contributed by atoms with Gasteiger partial charge in [0.15, 0.2) is 0 Å². The maximum absolute atomic E-state index is 12.4. The minimum absolute atomic E-state index is 0.120. The van der Waals surface area contributed by atoms with E-state index in [1.807, 2.05) is 0 Å². The highest BCUT2D eigenvalue weighted by Crippen LogP contribution is 2.21. The number of nitrogens with zero attached hydrogens (tertiary/aromatic N) is 2. The molecular formula is C18H21N3O5S. The van der Waals surface area contributed by atoms with Crippen LogP contribution in [0.25, 0.3) is 0 Å². The van der Waals surface area contributed by atoms with Gasteiger partial charge in [-0.05, 0) is 38.1 Å². The average Bonchev–Trinajstić information content (AvgIpc) is 2.61. The molecule has 2 aromatic rings. The molecule has 0 fully saturated rings. The van der Waals surface area contributed by atoms with Crippen LogP contribution in [0.3, 0.4) is 0 Å². The Morgan fingerprint density at radius 2 is 1.74 bits per heavy atom.